The lowest BCUT2D eigenvalue weighted by atomic mass is 9.67. The fourth-order valence-corrected chi connectivity index (χ4v) is 5.04. The summed E-state index contributed by atoms with van der Waals surface area (Å²) in [5.74, 6) is 1.54. The lowest BCUT2D eigenvalue weighted by Gasteiger charge is -2.50. The molecule has 0 radical (unpaired) electrons. The molecule has 0 amide bonds. The van der Waals surface area contributed by atoms with Crippen LogP contribution in [0.5, 0.6) is 0 Å². The van der Waals surface area contributed by atoms with E-state index in [9.17, 15) is 0 Å². The normalized spacial score (nSPS) is 42.0. The Balaban J connectivity index is 1.76. The van der Waals surface area contributed by atoms with E-state index in [0.717, 1.165) is 25.6 Å². The van der Waals surface area contributed by atoms with Crippen LogP contribution in [0.15, 0.2) is 0 Å². The predicted octanol–water partition coefficient (Wildman–Crippen LogP) is 3.03. The third kappa shape index (κ3) is 3.16. The van der Waals surface area contributed by atoms with Crippen molar-refractivity contribution in [2.75, 3.05) is 19.7 Å². The quantitative estimate of drug-likeness (QED) is 0.851. The van der Waals surface area contributed by atoms with E-state index in [4.69, 9.17) is 10.5 Å². The van der Waals surface area contributed by atoms with Gasteiger partial charge in [-0.15, -0.1) is 0 Å². The van der Waals surface area contributed by atoms with Crippen molar-refractivity contribution in [3.63, 3.8) is 0 Å². The number of hydrogen-bond acceptors (Lipinski definition) is 3. The second-order valence-corrected chi connectivity index (χ2v) is 8.58. The summed E-state index contributed by atoms with van der Waals surface area (Å²) in [4.78, 5) is 2.82. The van der Waals surface area contributed by atoms with Gasteiger partial charge in [0.15, 0.2) is 0 Å². The monoisotopic (exact) mass is 294 g/mol. The van der Waals surface area contributed by atoms with E-state index < -0.39 is 0 Å². The van der Waals surface area contributed by atoms with E-state index in [1.165, 1.54) is 38.5 Å². The molecular formula is C18H34N2O. The SMILES string of the molecule is CC(C)(C)C1CCC(CN)C(N2CCOC3CCCC32)C1. The molecule has 5 atom stereocenters. The third-order valence-corrected chi connectivity index (χ3v) is 6.43. The van der Waals surface area contributed by atoms with Crippen molar-refractivity contribution < 1.29 is 4.74 Å². The lowest BCUT2D eigenvalue weighted by molar-refractivity contribution is -0.0933. The highest BCUT2D eigenvalue weighted by Gasteiger charge is 2.44. The molecule has 1 heterocycles. The zero-order valence-corrected chi connectivity index (χ0v) is 14.2. The van der Waals surface area contributed by atoms with E-state index in [1.807, 2.05) is 0 Å². The van der Waals surface area contributed by atoms with Gasteiger partial charge >= 0.3 is 0 Å². The molecule has 5 unspecified atom stereocenters. The molecule has 0 aromatic carbocycles. The molecule has 0 spiro atoms. The molecule has 0 bridgehead atoms. The van der Waals surface area contributed by atoms with Crippen LogP contribution < -0.4 is 5.73 Å². The minimum atomic E-state index is 0.430. The molecule has 3 fully saturated rings. The van der Waals surface area contributed by atoms with Gasteiger partial charge in [0.05, 0.1) is 12.7 Å². The maximum atomic E-state index is 6.13. The Kier molecular flexibility index (Phi) is 4.63. The van der Waals surface area contributed by atoms with Gasteiger partial charge in [0.1, 0.15) is 0 Å². The van der Waals surface area contributed by atoms with Gasteiger partial charge in [-0.1, -0.05) is 20.8 Å². The van der Waals surface area contributed by atoms with Crippen molar-refractivity contribution >= 4 is 0 Å². The standard InChI is InChI=1S/C18H34N2O/c1-18(2,3)14-8-7-13(12-19)16(11-14)20-9-10-21-17-6-4-5-15(17)20/h13-17H,4-12,19H2,1-3H3. The first-order chi connectivity index (χ1) is 10.0. The Labute approximate surface area is 130 Å². The fourth-order valence-electron chi connectivity index (χ4n) is 5.04. The Hall–Kier alpha value is -0.120. The highest BCUT2D eigenvalue weighted by molar-refractivity contribution is 4.98. The molecule has 21 heavy (non-hydrogen) atoms. The maximum Gasteiger partial charge on any atom is 0.0731 e. The molecule has 0 aromatic heterocycles. The van der Waals surface area contributed by atoms with Crippen LogP contribution in [-0.2, 0) is 4.74 Å². The second kappa shape index (κ2) is 6.17. The van der Waals surface area contributed by atoms with Crippen LogP contribution in [0.25, 0.3) is 0 Å². The van der Waals surface area contributed by atoms with E-state index in [1.54, 1.807) is 0 Å². The Morgan fingerprint density at radius 2 is 1.90 bits per heavy atom. The Morgan fingerprint density at radius 1 is 1.10 bits per heavy atom. The molecule has 2 N–H and O–H groups in total. The number of nitrogens with two attached hydrogens (primary N) is 1. The van der Waals surface area contributed by atoms with Gasteiger partial charge in [0, 0.05) is 18.6 Å². The van der Waals surface area contributed by atoms with Crippen LogP contribution in [-0.4, -0.2) is 42.8 Å². The van der Waals surface area contributed by atoms with Crippen LogP contribution in [0.1, 0.15) is 59.3 Å². The zero-order chi connectivity index (χ0) is 15.0. The number of ether oxygens (including phenoxy) is 1. The van der Waals surface area contributed by atoms with Gasteiger partial charge in [-0.3, -0.25) is 4.90 Å². The van der Waals surface area contributed by atoms with E-state index in [0.29, 0.717) is 29.5 Å². The van der Waals surface area contributed by atoms with Gasteiger partial charge < -0.3 is 10.5 Å². The summed E-state index contributed by atoms with van der Waals surface area (Å²) in [5, 5.41) is 0. The number of rotatable bonds is 2. The molecule has 1 aliphatic heterocycles. The lowest BCUT2D eigenvalue weighted by Crippen LogP contribution is -2.58. The first kappa shape index (κ1) is 15.8. The van der Waals surface area contributed by atoms with Crippen LogP contribution >= 0.6 is 0 Å². The Bertz CT molecular complexity index is 352. The van der Waals surface area contributed by atoms with Crippen LogP contribution in [0, 0.1) is 17.3 Å². The minimum absolute atomic E-state index is 0.430. The Morgan fingerprint density at radius 3 is 2.62 bits per heavy atom. The van der Waals surface area contributed by atoms with Gasteiger partial charge in [-0.25, -0.2) is 0 Å². The third-order valence-electron chi connectivity index (χ3n) is 6.43. The van der Waals surface area contributed by atoms with Crippen LogP contribution in [0.3, 0.4) is 0 Å². The average Bonchev–Trinajstić information content (AvgIpc) is 2.94. The summed E-state index contributed by atoms with van der Waals surface area (Å²) >= 11 is 0. The van der Waals surface area contributed by atoms with Crippen molar-refractivity contribution in [1.82, 2.24) is 4.90 Å². The van der Waals surface area contributed by atoms with Gasteiger partial charge in [0.25, 0.3) is 0 Å². The van der Waals surface area contributed by atoms with Gasteiger partial charge in [-0.05, 0) is 62.3 Å². The number of morpholine rings is 1. The highest BCUT2D eigenvalue weighted by Crippen LogP contribution is 2.43. The topological polar surface area (TPSA) is 38.5 Å². The van der Waals surface area contributed by atoms with Crippen molar-refractivity contribution in [2.45, 2.75) is 77.5 Å². The summed E-state index contributed by atoms with van der Waals surface area (Å²) in [7, 11) is 0. The molecule has 3 heteroatoms. The summed E-state index contributed by atoms with van der Waals surface area (Å²) in [6.07, 6.45) is 8.47. The average molecular weight is 294 g/mol. The van der Waals surface area contributed by atoms with Gasteiger partial charge in [-0.2, -0.15) is 0 Å². The number of nitrogens with zero attached hydrogens (tertiary/aromatic N) is 1. The number of fused-ring (bicyclic) bond motifs is 1. The molecule has 122 valence electrons. The number of hydrogen-bond donors (Lipinski definition) is 1. The summed E-state index contributed by atoms with van der Waals surface area (Å²) < 4.78 is 6.01. The molecular weight excluding hydrogens is 260 g/mol. The molecule has 2 aliphatic carbocycles. The van der Waals surface area contributed by atoms with E-state index >= 15 is 0 Å². The summed E-state index contributed by atoms with van der Waals surface area (Å²) in [6.45, 7) is 10.1. The van der Waals surface area contributed by atoms with Crippen molar-refractivity contribution in [1.29, 1.82) is 0 Å². The first-order valence-electron chi connectivity index (χ1n) is 9.08. The summed E-state index contributed by atoms with van der Waals surface area (Å²) in [6, 6.07) is 1.37. The second-order valence-electron chi connectivity index (χ2n) is 8.58. The van der Waals surface area contributed by atoms with Gasteiger partial charge in [0.2, 0.25) is 0 Å². The molecule has 3 rings (SSSR count). The van der Waals surface area contributed by atoms with Crippen molar-refractivity contribution in [3.05, 3.63) is 0 Å². The summed E-state index contributed by atoms with van der Waals surface area (Å²) in [5.41, 5.74) is 6.56. The van der Waals surface area contributed by atoms with Crippen LogP contribution in [0.2, 0.25) is 0 Å². The predicted molar refractivity (Wildman–Crippen MR) is 87.2 cm³/mol. The van der Waals surface area contributed by atoms with E-state index in [2.05, 4.69) is 25.7 Å². The van der Waals surface area contributed by atoms with Crippen molar-refractivity contribution in [2.24, 2.45) is 23.0 Å². The fraction of sp³-hybridized carbons (Fsp3) is 1.00. The molecule has 2 saturated carbocycles. The minimum Gasteiger partial charge on any atom is -0.375 e. The molecule has 1 saturated heterocycles. The largest absolute Gasteiger partial charge is 0.375 e. The molecule has 0 aromatic rings. The van der Waals surface area contributed by atoms with Crippen LogP contribution in [0.4, 0.5) is 0 Å². The highest BCUT2D eigenvalue weighted by atomic mass is 16.5. The smallest absolute Gasteiger partial charge is 0.0731 e. The maximum absolute atomic E-state index is 6.13. The molecule has 3 aliphatic rings. The first-order valence-corrected chi connectivity index (χ1v) is 9.08. The zero-order valence-electron chi connectivity index (χ0n) is 14.2. The van der Waals surface area contributed by atoms with E-state index in [-0.39, 0.29) is 0 Å². The molecule has 3 nitrogen and oxygen atoms in total. The van der Waals surface area contributed by atoms with Crippen molar-refractivity contribution in [3.8, 4) is 0 Å².